The zero-order valence-electron chi connectivity index (χ0n) is 10.1. The molecule has 0 unspecified atom stereocenters. The van der Waals surface area contributed by atoms with Crippen LogP contribution >= 0.6 is 0 Å². The van der Waals surface area contributed by atoms with Gasteiger partial charge in [-0.05, 0) is 25.5 Å². The van der Waals surface area contributed by atoms with Crippen molar-refractivity contribution >= 4 is 0 Å². The number of hydrogen-bond donors (Lipinski definition) is 1. The summed E-state index contributed by atoms with van der Waals surface area (Å²) in [6.45, 7) is 6.53. The Morgan fingerprint density at radius 3 is 2.40 bits per heavy atom. The van der Waals surface area contributed by atoms with E-state index in [2.05, 4.69) is 43.4 Å². The SMILES string of the molecule is CCCCCCNCc1ccc(C)cc1. The molecule has 0 saturated carbocycles. The summed E-state index contributed by atoms with van der Waals surface area (Å²) in [5.41, 5.74) is 2.72. The van der Waals surface area contributed by atoms with Gasteiger partial charge >= 0.3 is 0 Å². The van der Waals surface area contributed by atoms with Gasteiger partial charge in [-0.15, -0.1) is 0 Å². The van der Waals surface area contributed by atoms with Crippen LogP contribution in [0.5, 0.6) is 0 Å². The Balaban J connectivity index is 2.07. The summed E-state index contributed by atoms with van der Waals surface area (Å²) >= 11 is 0. The van der Waals surface area contributed by atoms with E-state index in [1.807, 2.05) is 0 Å². The van der Waals surface area contributed by atoms with Crippen LogP contribution in [0, 0.1) is 6.92 Å². The summed E-state index contributed by atoms with van der Waals surface area (Å²) in [5, 5.41) is 3.48. The lowest BCUT2D eigenvalue weighted by atomic mass is 10.1. The van der Waals surface area contributed by atoms with Gasteiger partial charge in [0.25, 0.3) is 0 Å². The van der Waals surface area contributed by atoms with Crippen LogP contribution in [0.25, 0.3) is 0 Å². The van der Waals surface area contributed by atoms with Gasteiger partial charge in [0.2, 0.25) is 0 Å². The highest BCUT2D eigenvalue weighted by atomic mass is 14.8. The van der Waals surface area contributed by atoms with Crippen LogP contribution in [0.2, 0.25) is 0 Å². The molecule has 0 fully saturated rings. The van der Waals surface area contributed by atoms with Crippen molar-refractivity contribution in [3.8, 4) is 0 Å². The molecule has 0 amide bonds. The van der Waals surface area contributed by atoms with E-state index in [9.17, 15) is 0 Å². The van der Waals surface area contributed by atoms with Crippen LogP contribution in [0.1, 0.15) is 43.7 Å². The molecule has 0 spiro atoms. The summed E-state index contributed by atoms with van der Waals surface area (Å²) < 4.78 is 0. The topological polar surface area (TPSA) is 12.0 Å². The Labute approximate surface area is 93.9 Å². The average molecular weight is 205 g/mol. The van der Waals surface area contributed by atoms with E-state index in [0.717, 1.165) is 13.1 Å². The molecule has 0 aromatic heterocycles. The van der Waals surface area contributed by atoms with E-state index in [1.54, 1.807) is 0 Å². The number of benzene rings is 1. The first kappa shape index (κ1) is 12.3. The fraction of sp³-hybridized carbons (Fsp3) is 0.571. The van der Waals surface area contributed by atoms with Crippen molar-refractivity contribution in [2.24, 2.45) is 0 Å². The lowest BCUT2D eigenvalue weighted by Gasteiger charge is -2.04. The highest BCUT2D eigenvalue weighted by molar-refractivity contribution is 5.20. The number of unbranched alkanes of at least 4 members (excludes halogenated alkanes) is 3. The van der Waals surface area contributed by atoms with Crippen molar-refractivity contribution in [3.63, 3.8) is 0 Å². The highest BCUT2D eigenvalue weighted by Gasteiger charge is 1.92. The number of nitrogens with one attached hydrogen (secondary N) is 1. The average Bonchev–Trinajstić information content (AvgIpc) is 2.26. The van der Waals surface area contributed by atoms with Crippen LogP contribution < -0.4 is 5.32 Å². The summed E-state index contributed by atoms with van der Waals surface area (Å²) in [6.07, 6.45) is 5.35. The number of aryl methyl sites for hydroxylation is 1. The molecular weight excluding hydrogens is 182 g/mol. The smallest absolute Gasteiger partial charge is 0.0205 e. The molecule has 0 heterocycles. The molecule has 1 N–H and O–H groups in total. The van der Waals surface area contributed by atoms with Crippen LogP contribution in [-0.4, -0.2) is 6.54 Å². The Hall–Kier alpha value is -0.820. The van der Waals surface area contributed by atoms with E-state index < -0.39 is 0 Å². The van der Waals surface area contributed by atoms with Crippen molar-refractivity contribution in [3.05, 3.63) is 35.4 Å². The maximum atomic E-state index is 3.48. The highest BCUT2D eigenvalue weighted by Crippen LogP contribution is 2.03. The first-order valence-electron chi connectivity index (χ1n) is 6.09. The van der Waals surface area contributed by atoms with Crippen LogP contribution in [0.15, 0.2) is 24.3 Å². The maximum absolute atomic E-state index is 3.48. The third-order valence-corrected chi connectivity index (χ3v) is 2.66. The van der Waals surface area contributed by atoms with Crippen molar-refractivity contribution in [2.75, 3.05) is 6.54 Å². The molecule has 1 aromatic carbocycles. The molecule has 0 radical (unpaired) electrons. The first-order valence-corrected chi connectivity index (χ1v) is 6.09. The molecule has 0 atom stereocenters. The zero-order chi connectivity index (χ0) is 10.9. The number of rotatable bonds is 7. The van der Waals surface area contributed by atoms with Gasteiger partial charge in [-0.2, -0.15) is 0 Å². The van der Waals surface area contributed by atoms with Crippen molar-refractivity contribution < 1.29 is 0 Å². The Bertz CT molecular complexity index is 251. The third kappa shape index (κ3) is 5.58. The summed E-state index contributed by atoms with van der Waals surface area (Å²) in [7, 11) is 0. The molecular formula is C14H23N. The van der Waals surface area contributed by atoms with Gasteiger partial charge < -0.3 is 5.32 Å². The van der Waals surface area contributed by atoms with E-state index in [4.69, 9.17) is 0 Å². The van der Waals surface area contributed by atoms with E-state index in [0.29, 0.717) is 0 Å². The molecule has 0 aliphatic carbocycles. The van der Waals surface area contributed by atoms with Crippen molar-refractivity contribution in [1.29, 1.82) is 0 Å². The predicted molar refractivity (Wildman–Crippen MR) is 67.0 cm³/mol. The molecule has 1 aromatic rings. The standard InChI is InChI=1S/C14H23N/c1-3-4-5-6-11-15-12-14-9-7-13(2)8-10-14/h7-10,15H,3-6,11-12H2,1-2H3. The van der Waals surface area contributed by atoms with Crippen LogP contribution in [-0.2, 0) is 6.54 Å². The van der Waals surface area contributed by atoms with Gasteiger partial charge in [-0.25, -0.2) is 0 Å². The molecule has 0 aliphatic rings. The van der Waals surface area contributed by atoms with Gasteiger partial charge in [0, 0.05) is 6.54 Å². The lowest BCUT2D eigenvalue weighted by molar-refractivity contribution is 0.598. The maximum Gasteiger partial charge on any atom is 0.0205 e. The van der Waals surface area contributed by atoms with E-state index in [-0.39, 0.29) is 0 Å². The molecule has 0 bridgehead atoms. The second-order valence-corrected chi connectivity index (χ2v) is 4.22. The van der Waals surface area contributed by atoms with E-state index in [1.165, 1.54) is 36.8 Å². The molecule has 1 nitrogen and oxygen atoms in total. The summed E-state index contributed by atoms with van der Waals surface area (Å²) in [4.78, 5) is 0. The zero-order valence-corrected chi connectivity index (χ0v) is 10.1. The largest absolute Gasteiger partial charge is 0.313 e. The van der Waals surface area contributed by atoms with Gasteiger partial charge in [0.15, 0.2) is 0 Å². The lowest BCUT2D eigenvalue weighted by Crippen LogP contribution is -2.14. The Kier molecular flexibility index (Phi) is 6.10. The molecule has 84 valence electrons. The van der Waals surface area contributed by atoms with Crippen molar-refractivity contribution in [2.45, 2.75) is 46.1 Å². The minimum atomic E-state index is 1.01. The summed E-state index contributed by atoms with van der Waals surface area (Å²) in [5.74, 6) is 0. The molecule has 0 aliphatic heterocycles. The molecule has 0 saturated heterocycles. The predicted octanol–water partition coefficient (Wildman–Crippen LogP) is 3.66. The number of hydrogen-bond acceptors (Lipinski definition) is 1. The minimum Gasteiger partial charge on any atom is -0.313 e. The molecule has 15 heavy (non-hydrogen) atoms. The second-order valence-electron chi connectivity index (χ2n) is 4.22. The fourth-order valence-electron chi connectivity index (χ4n) is 1.62. The second kappa shape index (κ2) is 7.47. The Morgan fingerprint density at radius 2 is 1.73 bits per heavy atom. The Morgan fingerprint density at radius 1 is 1.00 bits per heavy atom. The molecule has 1 rings (SSSR count). The van der Waals surface area contributed by atoms with Crippen molar-refractivity contribution in [1.82, 2.24) is 5.32 Å². The van der Waals surface area contributed by atoms with Gasteiger partial charge in [0.1, 0.15) is 0 Å². The monoisotopic (exact) mass is 205 g/mol. The van der Waals surface area contributed by atoms with Gasteiger partial charge in [0.05, 0.1) is 0 Å². The fourth-order valence-corrected chi connectivity index (χ4v) is 1.62. The quantitative estimate of drug-likeness (QED) is 0.670. The van der Waals surface area contributed by atoms with Gasteiger partial charge in [-0.3, -0.25) is 0 Å². The normalized spacial score (nSPS) is 10.5. The molecule has 1 heteroatoms. The summed E-state index contributed by atoms with van der Waals surface area (Å²) in [6, 6.07) is 8.75. The minimum absolute atomic E-state index is 1.01. The first-order chi connectivity index (χ1) is 7.33. The third-order valence-electron chi connectivity index (χ3n) is 2.66. The van der Waals surface area contributed by atoms with Crippen LogP contribution in [0.4, 0.5) is 0 Å². The van der Waals surface area contributed by atoms with E-state index >= 15 is 0 Å². The van der Waals surface area contributed by atoms with Gasteiger partial charge in [-0.1, -0.05) is 56.0 Å². The van der Waals surface area contributed by atoms with Crippen LogP contribution in [0.3, 0.4) is 0 Å².